The molecule has 0 heterocycles. The molecule has 4 heteroatoms. The van der Waals surface area contributed by atoms with Crippen molar-refractivity contribution in [2.75, 3.05) is 20.3 Å². The average Bonchev–Trinajstić information content (AvgIpc) is 2.44. The molecular formula is C16H26FNO2. The van der Waals surface area contributed by atoms with Gasteiger partial charge in [0.1, 0.15) is 5.82 Å². The highest BCUT2D eigenvalue weighted by Crippen LogP contribution is 2.19. The third-order valence-electron chi connectivity index (χ3n) is 3.35. The minimum atomic E-state index is -0.437. The summed E-state index contributed by atoms with van der Waals surface area (Å²) in [5, 5.41) is 13.1. The zero-order valence-electron chi connectivity index (χ0n) is 12.4. The molecule has 0 spiro atoms. The van der Waals surface area contributed by atoms with Gasteiger partial charge in [0.25, 0.3) is 0 Å². The van der Waals surface area contributed by atoms with Gasteiger partial charge >= 0.3 is 0 Å². The number of rotatable bonds is 10. The highest BCUT2D eigenvalue weighted by Gasteiger charge is 2.11. The summed E-state index contributed by atoms with van der Waals surface area (Å²) in [4.78, 5) is 0. The van der Waals surface area contributed by atoms with Gasteiger partial charge in [0.05, 0.1) is 12.7 Å². The van der Waals surface area contributed by atoms with Gasteiger partial charge in [-0.3, -0.25) is 0 Å². The zero-order valence-corrected chi connectivity index (χ0v) is 12.4. The van der Waals surface area contributed by atoms with Crippen LogP contribution >= 0.6 is 0 Å². The van der Waals surface area contributed by atoms with Crippen molar-refractivity contribution in [1.82, 2.24) is 5.32 Å². The number of hydrogen-bond acceptors (Lipinski definition) is 3. The van der Waals surface area contributed by atoms with Gasteiger partial charge in [0.15, 0.2) is 0 Å². The Balaban J connectivity index is 2.49. The van der Waals surface area contributed by atoms with Crippen LogP contribution in [0.3, 0.4) is 0 Å². The summed E-state index contributed by atoms with van der Waals surface area (Å²) >= 11 is 0. The Hall–Kier alpha value is -0.970. The summed E-state index contributed by atoms with van der Waals surface area (Å²) in [6, 6.07) is 6.86. The van der Waals surface area contributed by atoms with Crippen LogP contribution in [0.1, 0.15) is 44.2 Å². The minimum Gasteiger partial charge on any atom is -0.391 e. The lowest BCUT2D eigenvalue weighted by atomic mass is 10.0. The molecule has 20 heavy (non-hydrogen) atoms. The summed E-state index contributed by atoms with van der Waals surface area (Å²) in [5.41, 5.74) is 1.10. The molecule has 2 N–H and O–H groups in total. The van der Waals surface area contributed by atoms with E-state index in [1.54, 1.807) is 7.11 Å². The standard InChI is InChI=1S/C16H26FNO2/c1-3-4-5-16(13-6-8-14(17)9-7-13)18-11-10-15(19)12-20-2/h6-9,15-16,18-19H,3-5,10-12H2,1-2H3. The van der Waals surface area contributed by atoms with Crippen LogP contribution in [0.2, 0.25) is 0 Å². The molecule has 3 nitrogen and oxygen atoms in total. The maximum absolute atomic E-state index is 13.0. The topological polar surface area (TPSA) is 41.5 Å². The van der Waals surface area contributed by atoms with Crippen LogP contribution < -0.4 is 5.32 Å². The first-order valence-corrected chi connectivity index (χ1v) is 7.33. The minimum absolute atomic E-state index is 0.210. The second kappa shape index (κ2) is 9.86. The molecule has 0 aliphatic rings. The van der Waals surface area contributed by atoms with E-state index in [0.29, 0.717) is 13.0 Å². The molecule has 1 aromatic carbocycles. The van der Waals surface area contributed by atoms with Gasteiger partial charge in [0, 0.05) is 13.2 Å². The Kier molecular flexibility index (Phi) is 8.42. The summed E-state index contributed by atoms with van der Waals surface area (Å²) in [6.07, 6.45) is 3.48. The summed E-state index contributed by atoms with van der Waals surface area (Å²) in [7, 11) is 1.58. The van der Waals surface area contributed by atoms with Gasteiger partial charge in [-0.1, -0.05) is 31.9 Å². The molecule has 2 unspecified atom stereocenters. The van der Waals surface area contributed by atoms with Crippen LogP contribution in [0, 0.1) is 5.82 Å². The Morgan fingerprint density at radius 2 is 1.95 bits per heavy atom. The lowest BCUT2D eigenvalue weighted by Crippen LogP contribution is -2.27. The predicted molar refractivity (Wildman–Crippen MR) is 79.2 cm³/mol. The Morgan fingerprint density at radius 3 is 2.55 bits per heavy atom. The fourth-order valence-electron chi connectivity index (χ4n) is 2.19. The van der Waals surface area contributed by atoms with E-state index in [2.05, 4.69) is 12.2 Å². The van der Waals surface area contributed by atoms with Crippen LogP contribution in [0.4, 0.5) is 4.39 Å². The number of benzene rings is 1. The number of methoxy groups -OCH3 is 1. The van der Waals surface area contributed by atoms with Crippen LogP contribution in [0.25, 0.3) is 0 Å². The Morgan fingerprint density at radius 1 is 1.25 bits per heavy atom. The van der Waals surface area contributed by atoms with Crippen molar-refractivity contribution in [3.63, 3.8) is 0 Å². The molecule has 0 aliphatic carbocycles. The number of aliphatic hydroxyl groups excluding tert-OH is 1. The maximum atomic E-state index is 13.0. The van der Waals surface area contributed by atoms with Gasteiger partial charge in [-0.15, -0.1) is 0 Å². The van der Waals surface area contributed by atoms with E-state index in [0.717, 1.165) is 31.4 Å². The van der Waals surface area contributed by atoms with Crippen molar-refractivity contribution in [2.24, 2.45) is 0 Å². The fraction of sp³-hybridized carbons (Fsp3) is 0.625. The molecule has 2 atom stereocenters. The molecule has 0 aromatic heterocycles. The second-order valence-corrected chi connectivity index (χ2v) is 5.10. The first-order valence-electron chi connectivity index (χ1n) is 7.33. The van der Waals surface area contributed by atoms with Crippen molar-refractivity contribution in [2.45, 2.75) is 44.8 Å². The van der Waals surface area contributed by atoms with Gasteiger partial charge < -0.3 is 15.2 Å². The van der Waals surface area contributed by atoms with Crippen LogP contribution in [0.15, 0.2) is 24.3 Å². The van der Waals surface area contributed by atoms with Gasteiger partial charge in [0.2, 0.25) is 0 Å². The number of aliphatic hydroxyl groups is 1. The van der Waals surface area contributed by atoms with E-state index < -0.39 is 6.10 Å². The summed E-state index contributed by atoms with van der Waals surface area (Å²) in [6.45, 7) is 3.23. The van der Waals surface area contributed by atoms with Crippen LogP contribution in [-0.2, 0) is 4.74 Å². The number of unbranched alkanes of at least 4 members (excludes halogenated alkanes) is 1. The molecule has 0 bridgehead atoms. The van der Waals surface area contributed by atoms with Gasteiger partial charge in [-0.2, -0.15) is 0 Å². The monoisotopic (exact) mass is 283 g/mol. The number of hydrogen-bond donors (Lipinski definition) is 2. The lowest BCUT2D eigenvalue weighted by molar-refractivity contribution is 0.0589. The van der Waals surface area contributed by atoms with Gasteiger partial charge in [-0.05, 0) is 37.1 Å². The smallest absolute Gasteiger partial charge is 0.123 e. The molecule has 0 saturated carbocycles. The normalized spacial score (nSPS) is 14.2. The Labute approximate surface area is 121 Å². The summed E-state index contributed by atoms with van der Waals surface area (Å²) in [5.74, 6) is -0.210. The fourth-order valence-corrected chi connectivity index (χ4v) is 2.19. The first kappa shape index (κ1) is 17.1. The molecule has 0 fully saturated rings. The van der Waals surface area contributed by atoms with Crippen LogP contribution in [0.5, 0.6) is 0 Å². The highest BCUT2D eigenvalue weighted by atomic mass is 19.1. The highest BCUT2D eigenvalue weighted by molar-refractivity contribution is 5.19. The number of halogens is 1. The summed E-state index contributed by atoms with van der Waals surface area (Å²) < 4.78 is 17.9. The molecule has 1 rings (SSSR count). The molecule has 114 valence electrons. The average molecular weight is 283 g/mol. The lowest BCUT2D eigenvalue weighted by Gasteiger charge is -2.20. The van der Waals surface area contributed by atoms with Gasteiger partial charge in [-0.25, -0.2) is 4.39 Å². The molecule has 1 aromatic rings. The largest absolute Gasteiger partial charge is 0.391 e. The van der Waals surface area contributed by atoms with Crippen molar-refractivity contribution in [1.29, 1.82) is 0 Å². The predicted octanol–water partition coefficient (Wildman–Crippen LogP) is 3.04. The maximum Gasteiger partial charge on any atom is 0.123 e. The third kappa shape index (κ3) is 6.46. The first-order chi connectivity index (χ1) is 9.67. The van der Waals surface area contributed by atoms with E-state index in [1.807, 2.05) is 12.1 Å². The second-order valence-electron chi connectivity index (χ2n) is 5.10. The zero-order chi connectivity index (χ0) is 14.8. The molecular weight excluding hydrogens is 257 g/mol. The SMILES string of the molecule is CCCCC(NCCC(O)COC)c1ccc(F)cc1. The molecule has 0 aliphatic heterocycles. The van der Waals surface area contributed by atoms with E-state index >= 15 is 0 Å². The van der Waals surface area contributed by atoms with Crippen molar-refractivity contribution in [3.05, 3.63) is 35.6 Å². The molecule has 0 saturated heterocycles. The van der Waals surface area contributed by atoms with Crippen molar-refractivity contribution in [3.8, 4) is 0 Å². The third-order valence-corrected chi connectivity index (χ3v) is 3.35. The van der Waals surface area contributed by atoms with E-state index in [-0.39, 0.29) is 11.9 Å². The van der Waals surface area contributed by atoms with Crippen molar-refractivity contribution < 1.29 is 14.2 Å². The number of ether oxygens (including phenoxy) is 1. The van der Waals surface area contributed by atoms with Crippen LogP contribution in [-0.4, -0.2) is 31.5 Å². The van der Waals surface area contributed by atoms with Crippen molar-refractivity contribution >= 4 is 0 Å². The molecule has 0 radical (unpaired) electrons. The van der Waals surface area contributed by atoms with E-state index in [1.165, 1.54) is 12.1 Å². The van der Waals surface area contributed by atoms with E-state index in [9.17, 15) is 9.50 Å². The quantitative estimate of drug-likeness (QED) is 0.693. The molecule has 0 amide bonds. The Bertz CT molecular complexity index is 356. The van der Waals surface area contributed by atoms with E-state index in [4.69, 9.17) is 4.74 Å². The number of nitrogens with one attached hydrogen (secondary N) is 1.